The van der Waals surface area contributed by atoms with Crippen LogP contribution in [0.5, 0.6) is 0 Å². The summed E-state index contributed by atoms with van der Waals surface area (Å²) in [6.07, 6.45) is 0.740. The van der Waals surface area contributed by atoms with E-state index in [1.165, 1.54) is 0 Å². The molecule has 1 aromatic rings. The summed E-state index contributed by atoms with van der Waals surface area (Å²) < 4.78 is 0. The Morgan fingerprint density at radius 1 is 1.42 bits per heavy atom. The Labute approximate surface area is 117 Å². The minimum Gasteiger partial charge on any atom is -0.480 e. The summed E-state index contributed by atoms with van der Waals surface area (Å²) in [5, 5.41) is 18.3. The van der Waals surface area contributed by atoms with Crippen molar-refractivity contribution in [2.45, 2.75) is 33.2 Å². The molecule has 1 rings (SSSR count). The van der Waals surface area contributed by atoms with Gasteiger partial charge in [-0.1, -0.05) is 20.8 Å². The molecule has 3 N–H and O–H groups in total. The van der Waals surface area contributed by atoms with E-state index in [0.717, 1.165) is 12.0 Å². The monoisotopic (exact) mass is 284 g/mol. The first-order valence-electron chi connectivity index (χ1n) is 6.09. The highest BCUT2D eigenvalue weighted by atomic mass is 32.1. The molecule has 0 aliphatic heterocycles. The summed E-state index contributed by atoms with van der Waals surface area (Å²) in [5.74, 6) is -1.03. The van der Waals surface area contributed by atoms with Gasteiger partial charge in [-0.15, -0.1) is 0 Å². The van der Waals surface area contributed by atoms with Crippen molar-refractivity contribution >= 4 is 23.3 Å². The molecule has 1 atom stereocenters. The van der Waals surface area contributed by atoms with Gasteiger partial charge in [-0.05, 0) is 34.2 Å². The van der Waals surface area contributed by atoms with Gasteiger partial charge < -0.3 is 15.7 Å². The highest BCUT2D eigenvalue weighted by Gasteiger charge is 2.32. The van der Waals surface area contributed by atoms with Gasteiger partial charge in [-0.2, -0.15) is 11.3 Å². The van der Waals surface area contributed by atoms with Crippen molar-refractivity contribution in [1.82, 2.24) is 10.6 Å². The maximum atomic E-state index is 11.7. The molecule has 0 fully saturated rings. The Balaban J connectivity index is 2.39. The molecule has 0 spiro atoms. The summed E-state index contributed by atoms with van der Waals surface area (Å²) in [4.78, 5) is 22.8. The molecule has 1 unspecified atom stereocenters. The fraction of sp³-hybridized carbons (Fsp3) is 0.538. The first-order chi connectivity index (χ1) is 8.80. The molecular formula is C13H20N2O3S. The van der Waals surface area contributed by atoms with Crippen LogP contribution in [0.2, 0.25) is 0 Å². The van der Waals surface area contributed by atoms with Gasteiger partial charge in [0.1, 0.15) is 6.04 Å². The van der Waals surface area contributed by atoms with Gasteiger partial charge in [0.15, 0.2) is 0 Å². The number of thiophene rings is 1. The number of urea groups is 1. The average molecular weight is 284 g/mol. The Kier molecular flexibility index (Phi) is 5.35. The number of hydrogen-bond donors (Lipinski definition) is 3. The summed E-state index contributed by atoms with van der Waals surface area (Å²) in [7, 11) is 0. The predicted octanol–water partition coefficient (Wildman–Crippen LogP) is 2.09. The van der Waals surface area contributed by atoms with Crippen LogP contribution in [0.1, 0.15) is 26.3 Å². The third-order valence-corrected chi connectivity index (χ3v) is 3.40. The molecule has 0 saturated carbocycles. The number of carboxylic acid groups (broad SMARTS) is 1. The zero-order valence-electron chi connectivity index (χ0n) is 11.4. The predicted molar refractivity (Wildman–Crippen MR) is 75.4 cm³/mol. The molecule has 0 aliphatic rings. The lowest BCUT2D eigenvalue weighted by Crippen LogP contribution is -2.52. The fourth-order valence-electron chi connectivity index (χ4n) is 1.59. The second-order valence-electron chi connectivity index (χ2n) is 5.42. The number of rotatable bonds is 5. The van der Waals surface area contributed by atoms with E-state index in [9.17, 15) is 9.59 Å². The molecule has 5 nitrogen and oxygen atoms in total. The lowest BCUT2D eigenvalue weighted by atomic mass is 9.87. The summed E-state index contributed by atoms with van der Waals surface area (Å²) in [6.45, 7) is 5.81. The molecule has 0 radical (unpaired) electrons. The molecule has 6 heteroatoms. The van der Waals surface area contributed by atoms with Crippen molar-refractivity contribution in [2.24, 2.45) is 5.41 Å². The van der Waals surface area contributed by atoms with E-state index in [0.29, 0.717) is 6.54 Å². The third-order valence-electron chi connectivity index (χ3n) is 2.67. The molecule has 106 valence electrons. The molecule has 2 amide bonds. The van der Waals surface area contributed by atoms with Crippen molar-refractivity contribution in [1.29, 1.82) is 0 Å². The van der Waals surface area contributed by atoms with Crippen LogP contribution >= 0.6 is 11.3 Å². The van der Waals surface area contributed by atoms with Gasteiger partial charge in [0.25, 0.3) is 0 Å². The van der Waals surface area contributed by atoms with Crippen LogP contribution in [0.25, 0.3) is 0 Å². The Morgan fingerprint density at radius 3 is 2.58 bits per heavy atom. The van der Waals surface area contributed by atoms with E-state index < -0.39 is 23.5 Å². The standard InChI is InChI=1S/C13H20N2O3S/c1-13(2,3)10(11(16)17)15-12(18)14-6-4-9-5-7-19-8-9/h5,7-8,10H,4,6H2,1-3H3,(H,16,17)(H2,14,15,18). The van der Waals surface area contributed by atoms with E-state index in [2.05, 4.69) is 10.6 Å². The number of amides is 2. The van der Waals surface area contributed by atoms with Gasteiger partial charge in [0, 0.05) is 6.54 Å². The first kappa shape index (κ1) is 15.5. The van der Waals surface area contributed by atoms with Crippen molar-refractivity contribution in [2.75, 3.05) is 6.54 Å². The van der Waals surface area contributed by atoms with E-state index in [4.69, 9.17) is 5.11 Å². The van der Waals surface area contributed by atoms with Crippen molar-refractivity contribution in [3.05, 3.63) is 22.4 Å². The Hall–Kier alpha value is -1.56. The van der Waals surface area contributed by atoms with E-state index in [1.54, 1.807) is 32.1 Å². The third kappa shape index (κ3) is 5.30. The molecule has 19 heavy (non-hydrogen) atoms. The van der Waals surface area contributed by atoms with Crippen LogP contribution in [0.15, 0.2) is 16.8 Å². The SMILES string of the molecule is CC(C)(C)C(NC(=O)NCCc1ccsc1)C(=O)O. The Bertz CT molecular complexity index is 424. The van der Waals surface area contributed by atoms with Gasteiger partial charge in [-0.25, -0.2) is 9.59 Å². The van der Waals surface area contributed by atoms with Crippen molar-refractivity contribution in [3.8, 4) is 0 Å². The van der Waals surface area contributed by atoms with E-state index in [-0.39, 0.29) is 0 Å². The normalized spacial score (nSPS) is 12.8. The lowest BCUT2D eigenvalue weighted by molar-refractivity contribution is -0.141. The maximum absolute atomic E-state index is 11.7. The molecule has 1 heterocycles. The van der Waals surface area contributed by atoms with Crippen molar-refractivity contribution < 1.29 is 14.7 Å². The Morgan fingerprint density at radius 2 is 2.11 bits per heavy atom. The van der Waals surface area contributed by atoms with Crippen LogP contribution in [0, 0.1) is 5.41 Å². The minimum atomic E-state index is -1.03. The minimum absolute atomic E-state index is 0.447. The summed E-state index contributed by atoms with van der Waals surface area (Å²) in [5.41, 5.74) is 0.632. The van der Waals surface area contributed by atoms with Crippen LogP contribution in [-0.2, 0) is 11.2 Å². The van der Waals surface area contributed by atoms with E-state index in [1.807, 2.05) is 16.8 Å². The number of hydrogen-bond acceptors (Lipinski definition) is 3. The summed E-state index contributed by atoms with van der Waals surface area (Å²) >= 11 is 1.61. The molecule has 0 aliphatic carbocycles. The molecule has 1 aromatic heterocycles. The second kappa shape index (κ2) is 6.56. The number of carbonyl (C=O) groups excluding carboxylic acids is 1. The highest BCUT2D eigenvalue weighted by molar-refractivity contribution is 7.07. The van der Waals surface area contributed by atoms with E-state index >= 15 is 0 Å². The zero-order chi connectivity index (χ0) is 14.5. The van der Waals surface area contributed by atoms with Gasteiger partial charge in [-0.3, -0.25) is 0 Å². The highest BCUT2D eigenvalue weighted by Crippen LogP contribution is 2.19. The molecule has 0 bridgehead atoms. The molecule has 0 saturated heterocycles. The number of aliphatic carboxylic acids is 1. The number of nitrogens with one attached hydrogen (secondary N) is 2. The second-order valence-corrected chi connectivity index (χ2v) is 6.20. The maximum Gasteiger partial charge on any atom is 0.326 e. The number of carbonyl (C=O) groups is 2. The molecule has 0 aromatic carbocycles. The van der Waals surface area contributed by atoms with Crippen molar-refractivity contribution in [3.63, 3.8) is 0 Å². The van der Waals surface area contributed by atoms with Gasteiger partial charge >= 0.3 is 12.0 Å². The first-order valence-corrected chi connectivity index (χ1v) is 7.03. The zero-order valence-corrected chi connectivity index (χ0v) is 12.2. The van der Waals surface area contributed by atoms with Crippen LogP contribution in [0.4, 0.5) is 4.79 Å². The smallest absolute Gasteiger partial charge is 0.326 e. The topological polar surface area (TPSA) is 78.4 Å². The average Bonchev–Trinajstić information content (AvgIpc) is 2.77. The largest absolute Gasteiger partial charge is 0.480 e. The van der Waals surface area contributed by atoms with Crippen LogP contribution < -0.4 is 10.6 Å². The number of carboxylic acids is 1. The quantitative estimate of drug-likeness (QED) is 0.774. The fourth-order valence-corrected chi connectivity index (χ4v) is 2.29. The summed E-state index contributed by atoms with van der Waals surface area (Å²) in [6, 6.07) is 0.644. The lowest BCUT2D eigenvalue weighted by Gasteiger charge is -2.27. The van der Waals surface area contributed by atoms with Gasteiger partial charge in [0.2, 0.25) is 0 Å². The van der Waals surface area contributed by atoms with Crippen LogP contribution in [0.3, 0.4) is 0 Å². The van der Waals surface area contributed by atoms with Crippen LogP contribution in [-0.4, -0.2) is 29.7 Å². The van der Waals surface area contributed by atoms with Gasteiger partial charge in [0.05, 0.1) is 0 Å². The molecular weight excluding hydrogens is 264 g/mol.